The Morgan fingerprint density at radius 2 is 2.16 bits per heavy atom. The molecule has 0 radical (unpaired) electrons. The predicted molar refractivity (Wildman–Crippen MR) is 115 cm³/mol. The number of aliphatic imine (C=N–C) groups is 1. The zero-order chi connectivity index (χ0) is 16.9. The first-order chi connectivity index (χ1) is 11.7. The number of fused-ring (bicyclic) bond motifs is 1. The third kappa shape index (κ3) is 5.18. The first-order valence-electron chi connectivity index (χ1n) is 8.03. The number of para-hydroxylation sites is 1. The minimum Gasteiger partial charge on any atom is -0.459 e. The number of furan rings is 1. The van der Waals surface area contributed by atoms with Gasteiger partial charge < -0.3 is 14.6 Å². The normalized spacial score (nSPS) is 11.4. The molecular weight excluding hydrogens is 447 g/mol. The molecule has 25 heavy (non-hydrogen) atoms. The fourth-order valence-corrected chi connectivity index (χ4v) is 3.14. The molecule has 3 aromatic rings. The third-order valence-electron chi connectivity index (χ3n) is 3.62. The van der Waals surface area contributed by atoms with E-state index in [0.29, 0.717) is 6.54 Å². The van der Waals surface area contributed by atoms with E-state index in [0.717, 1.165) is 46.5 Å². The number of rotatable bonds is 5. The molecule has 0 spiro atoms. The van der Waals surface area contributed by atoms with Crippen LogP contribution in [0.15, 0.2) is 45.1 Å². The monoisotopic (exact) mass is 470 g/mol. The van der Waals surface area contributed by atoms with Crippen molar-refractivity contribution in [3.63, 3.8) is 0 Å². The van der Waals surface area contributed by atoms with Crippen LogP contribution in [0.5, 0.6) is 0 Å². The second-order valence-corrected chi connectivity index (χ2v) is 6.70. The Kier molecular flexibility index (Phi) is 7.24. The molecule has 1 aromatic carbocycles. The summed E-state index contributed by atoms with van der Waals surface area (Å²) in [5.74, 6) is 1.72. The van der Waals surface area contributed by atoms with Crippen molar-refractivity contribution in [1.82, 2.24) is 15.2 Å². The van der Waals surface area contributed by atoms with Crippen LogP contribution in [0.4, 0.5) is 0 Å². The zero-order valence-corrected chi connectivity index (χ0v) is 17.8. The number of thiazole rings is 1. The van der Waals surface area contributed by atoms with Gasteiger partial charge in [0.15, 0.2) is 5.96 Å². The van der Waals surface area contributed by atoms with Crippen molar-refractivity contribution < 1.29 is 4.42 Å². The van der Waals surface area contributed by atoms with Crippen molar-refractivity contribution in [3.05, 3.63) is 52.2 Å². The second-order valence-electron chi connectivity index (χ2n) is 5.63. The van der Waals surface area contributed by atoms with Crippen LogP contribution < -0.4 is 5.32 Å². The van der Waals surface area contributed by atoms with Gasteiger partial charge in [-0.3, -0.25) is 0 Å². The van der Waals surface area contributed by atoms with Gasteiger partial charge >= 0.3 is 0 Å². The standard InChI is InChI=1S/C18H22N4OS.HI/c1-4-19-18(22(3)11-15-12-24-13(2)21-15)20-10-16-9-14-7-5-6-8-17(14)23-16;/h5-9,12H,4,10-11H2,1-3H3,(H,19,20);1H. The minimum absolute atomic E-state index is 0. The summed E-state index contributed by atoms with van der Waals surface area (Å²) in [5, 5.41) is 7.61. The number of aromatic nitrogens is 1. The highest BCUT2D eigenvalue weighted by atomic mass is 127. The summed E-state index contributed by atoms with van der Waals surface area (Å²) in [6.45, 7) is 6.15. The summed E-state index contributed by atoms with van der Waals surface area (Å²) in [7, 11) is 2.02. The van der Waals surface area contributed by atoms with Gasteiger partial charge in [-0.1, -0.05) is 18.2 Å². The molecule has 0 aliphatic heterocycles. The van der Waals surface area contributed by atoms with Crippen LogP contribution in [-0.4, -0.2) is 29.4 Å². The highest BCUT2D eigenvalue weighted by Crippen LogP contribution is 2.19. The summed E-state index contributed by atoms with van der Waals surface area (Å²) >= 11 is 1.67. The number of nitrogens with zero attached hydrogens (tertiary/aromatic N) is 3. The van der Waals surface area contributed by atoms with Crippen LogP contribution in [-0.2, 0) is 13.1 Å². The summed E-state index contributed by atoms with van der Waals surface area (Å²) in [4.78, 5) is 11.3. The van der Waals surface area contributed by atoms with Gasteiger partial charge in [0.1, 0.15) is 17.9 Å². The van der Waals surface area contributed by atoms with Crippen LogP contribution in [0.25, 0.3) is 11.0 Å². The van der Waals surface area contributed by atoms with E-state index < -0.39 is 0 Å². The van der Waals surface area contributed by atoms with E-state index >= 15 is 0 Å². The Balaban J connectivity index is 0.00000225. The van der Waals surface area contributed by atoms with Crippen LogP contribution in [0.1, 0.15) is 23.4 Å². The number of nitrogens with one attached hydrogen (secondary N) is 1. The van der Waals surface area contributed by atoms with E-state index in [1.165, 1.54) is 0 Å². The molecule has 0 amide bonds. The molecule has 2 heterocycles. The number of benzene rings is 1. The number of guanidine groups is 1. The van der Waals surface area contributed by atoms with Gasteiger partial charge in [-0.25, -0.2) is 9.98 Å². The van der Waals surface area contributed by atoms with E-state index in [9.17, 15) is 0 Å². The predicted octanol–water partition coefficient (Wildman–Crippen LogP) is 4.41. The quantitative estimate of drug-likeness (QED) is 0.341. The fourth-order valence-electron chi connectivity index (χ4n) is 2.54. The maximum absolute atomic E-state index is 5.83. The molecule has 5 nitrogen and oxygen atoms in total. The molecule has 0 saturated heterocycles. The van der Waals surface area contributed by atoms with Crippen LogP contribution in [0.3, 0.4) is 0 Å². The average molecular weight is 470 g/mol. The van der Waals surface area contributed by atoms with Crippen LogP contribution >= 0.6 is 35.3 Å². The lowest BCUT2D eigenvalue weighted by molar-refractivity contribution is 0.467. The smallest absolute Gasteiger partial charge is 0.194 e. The van der Waals surface area contributed by atoms with Crippen LogP contribution in [0, 0.1) is 6.92 Å². The Labute approximate surface area is 169 Å². The molecule has 2 aromatic heterocycles. The van der Waals surface area contributed by atoms with Crippen molar-refractivity contribution in [2.45, 2.75) is 26.9 Å². The maximum Gasteiger partial charge on any atom is 0.194 e. The lowest BCUT2D eigenvalue weighted by atomic mass is 10.2. The van der Waals surface area contributed by atoms with Gasteiger partial charge in [0.2, 0.25) is 0 Å². The first-order valence-corrected chi connectivity index (χ1v) is 8.91. The largest absolute Gasteiger partial charge is 0.459 e. The van der Waals surface area contributed by atoms with E-state index in [1.54, 1.807) is 11.3 Å². The second kappa shape index (κ2) is 9.19. The molecule has 7 heteroatoms. The Morgan fingerprint density at radius 3 is 2.84 bits per heavy atom. The highest BCUT2D eigenvalue weighted by Gasteiger charge is 2.09. The van der Waals surface area contributed by atoms with E-state index in [4.69, 9.17) is 9.41 Å². The van der Waals surface area contributed by atoms with Gasteiger partial charge in [0, 0.05) is 24.4 Å². The summed E-state index contributed by atoms with van der Waals surface area (Å²) in [6, 6.07) is 10.1. The Hall–Kier alpha value is -1.61. The van der Waals surface area contributed by atoms with Gasteiger partial charge in [0.05, 0.1) is 17.2 Å². The lowest BCUT2D eigenvalue weighted by Crippen LogP contribution is -2.38. The van der Waals surface area contributed by atoms with Gasteiger partial charge in [0.25, 0.3) is 0 Å². The molecule has 0 fully saturated rings. The number of hydrogen-bond donors (Lipinski definition) is 1. The van der Waals surface area contributed by atoms with Crippen molar-refractivity contribution in [3.8, 4) is 0 Å². The van der Waals surface area contributed by atoms with Gasteiger partial charge in [-0.2, -0.15) is 0 Å². The Morgan fingerprint density at radius 1 is 1.36 bits per heavy atom. The Bertz CT molecular complexity index is 809. The van der Waals surface area contributed by atoms with E-state index in [1.807, 2.05) is 44.3 Å². The first kappa shape index (κ1) is 19.7. The number of hydrogen-bond acceptors (Lipinski definition) is 4. The molecule has 0 atom stereocenters. The van der Waals surface area contributed by atoms with Crippen LogP contribution in [0.2, 0.25) is 0 Å². The summed E-state index contributed by atoms with van der Waals surface area (Å²) in [6.07, 6.45) is 0. The van der Waals surface area contributed by atoms with Crippen molar-refractivity contribution in [2.24, 2.45) is 4.99 Å². The molecule has 0 bridgehead atoms. The maximum atomic E-state index is 5.83. The highest BCUT2D eigenvalue weighted by molar-refractivity contribution is 14.0. The molecule has 0 unspecified atom stereocenters. The molecule has 3 rings (SSSR count). The van der Waals surface area contributed by atoms with Crippen molar-refractivity contribution in [1.29, 1.82) is 0 Å². The van der Waals surface area contributed by atoms with E-state index in [2.05, 4.69) is 27.5 Å². The SMILES string of the molecule is CCNC(=NCc1cc2ccccc2o1)N(C)Cc1csc(C)n1.I. The summed E-state index contributed by atoms with van der Waals surface area (Å²) < 4.78 is 5.83. The molecule has 1 N–H and O–H groups in total. The van der Waals surface area contributed by atoms with Crippen molar-refractivity contribution in [2.75, 3.05) is 13.6 Å². The third-order valence-corrected chi connectivity index (χ3v) is 4.45. The zero-order valence-electron chi connectivity index (χ0n) is 14.7. The molecular formula is C18H23IN4OS. The number of halogens is 1. The fraction of sp³-hybridized carbons (Fsp3) is 0.333. The van der Waals surface area contributed by atoms with Crippen molar-refractivity contribution >= 4 is 52.2 Å². The van der Waals surface area contributed by atoms with Gasteiger partial charge in [-0.15, -0.1) is 35.3 Å². The summed E-state index contributed by atoms with van der Waals surface area (Å²) in [5.41, 5.74) is 1.97. The average Bonchev–Trinajstić information content (AvgIpc) is 3.16. The molecule has 134 valence electrons. The minimum atomic E-state index is 0. The number of aryl methyl sites for hydroxylation is 1. The van der Waals surface area contributed by atoms with Gasteiger partial charge in [-0.05, 0) is 26.0 Å². The molecule has 0 saturated carbocycles. The topological polar surface area (TPSA) is 53.7 Å². The molecule has 0 aliphatic carbocycles. The lowest BCUT2D eigenvalue weighted by Gasteiger charge is -2.20. The van der Waals surface area contributed by atoms with E-state index in [-0.39, 0.29) is 24.0 Å². The molecule has 0 aliphatic rings.